The molecule has 1 aliphatic carbocycles. The van der Waals surface area contributed by atoms with Crippen LogP contribution >= 0.6 is 11.6 Å². The molecule has 1 aromatic carbocycles. The van der Waals surface area contributed by atoms with Gasteiger partial charge in [0.2, 0.25) is 0 Å². The topological polar surface area (TPSA) is 56.7 Å². The first kappa shape index (κ1) is 12.5. The van der Waals surface area contributed by atoms with Gasteiger partial charge in [0.25, 0.3) is 0 Å². The third-order valence-corrected chi connectivity index (χ3v) is 4.14. The van der Waals surface area contributed by atoms with Crippen LogP contribution in [-0.2, 0) is 0 Å². The van der Waals surface area contributed by atoms with Crippen molar-refractivity contribution in [2.45, 2.75) is 38.6 Å². The Balaban J connectivity index is 2.07. The summed E-state index contributed by atoms with van der Waals surface area (Å²) in [4.78, 5) is 0. The minimum absolute atomic E-state index is 0.515. The minimum atomic E-state index is 0.515. The highest BCUT2D eigenvalue weighted by Gasteiger charge is 2.23. The van der Waals surface area contributed by atoms with Crippen LogP contribution in [0.3, 0.4) is 0 Å². The largest absolute Gasteiger partial charge is 0.398 e. The fourth-order valence-electron chi connectivity index (χ4n) is 2.83. The molecule has 100 valence electrons. The van der Waals surface area contributed by atoms with Crippen molar-refractivity contribution < 1.29 is 0 Å². The maximum absolute atomic E-state index is 6.10. The van der Waals surface area contributed by atoms with E-state index in [1.807, 2.05) is 25.1 Å². The standard InChI is InChI=1S/C14H17ClN4/c1-9-17-18-14(19(9)11-4-2-3-5-11)10-6-7-13(16)12(15)8-10/h6-8,11H,2-5,16H2,1H3. The number of aryl methyl sites for hydroxylation is 1. The molecule has 1 saturated carbocycles. The van der Waals surface area contributed by atoms with Crippen LogP contribution in [0.25, 0.3) is 11.4 Å². The Labute approximate surface area is 117 Å². The molecule has 2 aromatic rings. The van der Waals surface area contributed by atoms with E-state index >= 15 is 0 Å². The van der Waals surface area contributed by atoms with Crippen LogP contribution in [0.4, 0.5) is 5.69 Å². The van der Waals surface area contributed by atoms with E-state index in [9.17, 15) is 0 Å². The van der Waals surface area contributed by atoms with E-state index in [2.05, 4.69) is 14.8 Å². The summed E-state index contributed by atoms with van der Waals surface area (Å²) in [7, 11) is 0. The fourth-order valence-corrected chi connectivity index (χ4v) is 3.01. The smallest absolute Gasteiger partial charge is 0.164 e. The van der Waals surface area contributed by atoms with Crippen LogP contribution in [-0.4, -0.2) is 14.8 Å². The van der Waals surface area contributed by atoms with Gasteiger partial charge in [0.1, 0.15) is 5.82 Å². The average molecular weight is 277 g/mol. The van der Waals surface area contributed by atoms with E-state index in [-0.39, 0.29) is 0 Å². The number of aromatic nitrogens is 3. The second-order valence-electron chi connectivity index (χ2n) is 5.12. The highest BCUT2D eigenvalue weighted by Crippen LogP contribution is 2.34. The van der Waals surface area contributed by atoms with E-state index in [0.29, 0.717) is 16.8 Å². The molecule has 5 heteroatoms. The predicted molar refractivity (Wildman–Crippen MR) is 77.1 cm³/mol. The molecular formula is C14H17ClN4. The molecule has 0 spiro atoms. The summed E-state index contributed by atoms with van der Waals surface area (Å²) in [5.74, 6) is 1.86. The molecule has 19 heavy (non-hydrogen) atoms. The number of nitrogens with two attached hydrogens (primary N) is 1. The summed E-state index contributed by atoms with van der Waals surface area (Å²) in [6.45, 7) is 2.01. The summed E-state index contributed by atoms with van der Waals surface area (Å²) < 4.78 is 2.24. The number of hydrogen-bond donors (Lipinski definition) is 1. The van der Waals surface area contributed by atoms with Crippen molar-refractivity contribution in [3.8, 4) is 11.4 Å². The molecule has 1 fully saturated rings. The molecule has 0 saturated heterocycles. The quantitative estimate of drug-likeness (QED) is 0.853. The Bertz CT molecular complexity index is 599. The predicted octanol–water partition coefficient (Wildman–Crippen LogP) is 3.60. The van der Waals surface area contributed by atoms with E-state index in [0.717, 1.165) is 17.2 Å². The normalized spacial score (nSPS) is 16.1. The Kier molecular flexibility index (Phi) is 3.19. The van der Waals surface area contributed by atoms with Crippen LogP contribution in [0.2, 0.25) is 5.02 Å². The summed E-state index contributed by atoms with van der Waals surface area (Å²) >= 11 is 6.10. The SMILES string of the molecule is Cc1nnc(-c2ccc(N)c(Cl)c2)n1C1CCCC1. The minimum Gasteiger partial charge on any atom is -0.398 e. The second-order valence-corrected chi connectivity index (χ2v) is 5.52. The van der Waals surface area contributed by atoms with Crippen LogP contribution in [0.1, 0.15) is 37.5 Å². The van der Waals surface area contributed by atoms with Crippen LogP contribution in [0, 0.1) is 6.92 Å². The number of rotatable bonds is 2. The maximum Gasteiger partial charge on any atom is 0.164 e. The first-order valence-electron chi connectivity index (χ1n) is 6.63. The van der Waals surface area contributed by atoms with Crippen LogP contribution < -0.4 is 5.73 Å². The van der Waals surface area contributed by atoms with Crippen molar-refractivity contribution in [3.05, 3.63) is 29.0 Å². The van der Waals surface area contributed by atoms with Gasteiger partial charge in [0.15, 0.2) is 5.82 Å². The van der Waals surface area contributed by atoms with Gasteiger partial charge in [-0.2, -0.15) is 0 Å². The van der Waals surface area contributed by atoms with E-state index < -0.39 is 0 Å². The zero-order valence-electron chi connectivity index (χ0n) is 10.9. The summed E-state index contributed by atoms with van der Waals surface area (Å²) in [5, 5.41) is 9.11. The first-order valence-corrected chi connectivity index (χ1v) is 7.01. The zero-order chi connectivity index (χ0) is 13.4. The molecule has 0 amide bonds. The first-order chi connectivity index (χ1) is 9.16. The van der Waals surface area contributed by atoms with Crippen molar-refractivity contribution in [1.82, 2.24) is 14.8 Å². The lowest BCUT2D eigenvalue weighted by molar-refractivity contribution is 0.510. The Morgan fingerprint density at radius 1 is 1.26 bits per heavy atom. The fraction of sp³-hybridized carbons (Fsp3) is 0.429. The van der Waals surface area contributed by atoms with Crippen molar-refractivity contribution in [2.24, 2.45) is 0 Å². The number of halogens is 1. The number of hydrogen-bond acceptors (Lipinski definition) is 3. The molecule has 0 aliphatic heterocycles. The third kappa shape index (κ3) is 2.21. The number of anilines is 1. The van der Waals surface area contributed by atoms with Crippen LogP contribution in [0.5, 0.6) is 0 Å². The van der Waals surface area contributed by atoms with E-state index in [1.54, 1.807) is 0 Å². The lowest BCUT2D eigenvalue weighted by Crippen LogP contribution is -2.08. The molecule has 1 heterocycles. The Hall–Kier alpha value is -1.55. The van der Waals surface area contributed by atoms with Crippen molar-refractivity contribution in [3.63, 3.8) is 0 Å². The molecule has 4 nitrogen and oxygen atoms in total. The summed E-state index contributed by atoms with van der Waals surface area (Å²) in [6.07, 6.45) is 4.97. The summed E-state index contributed by atoms with van der Waals surface area (Å²) in [5.41, 5.74) is 7.33. The number of nitrogens with zero attached hydrogens (tertiary/aromatic N) is 3. The van der Waals surface area contributed by atoms with Gasteiger partial charge in [-0.05, 0) is 38.0 Å². The molecule has 0 bridgehead atoms. The molecule has 3 rings (SSSR count). The highest BCUT2D eigenvalue weighted by molar-refractivity contribution is 6.33. The van der Waals surface area contributed by atoms with Crippen molar-refractivity contribution >= 4 is 17.3 Å². The van der Waals surface area contributed by atoms with Gasteiger partial charge in [0.05, 0.1) is 10.7 Å². The second kappa shape index (κ2) is 4.85. The van der Waals surface area contributed by atoms with Gasteiger partial charge >= 0.3 is 0 Å². The van der Waals surface area contributed by atoms with Gasteiger partial charge in [-0.25, -0.2) is 0 Å². The monoisotopic (exact) mass is 276 g/mol. The molecule has 1 aromatic heterocycles. The van der Waals surface area contributed by atoms with Gasteiger partial charge < -0.3 is 10.3 Å². The highest BCUT2D eigenvalue weighted by atomic mass is 35.5. The average Bonchev–Trinajstić information content (AvgIpc) is 3.01. The molecule has 0 radical (unpaired) electrons. The maximum atomic E-state index is 6.10. The van der Waals surface area contributed by atoms with Gasteiger partial charge in [-0.3, -0.25) is 0 Å². The van der Waals surface area contributed by atoms with Gasteiger partial charge in [-0.1, -0.05) is 24.4 Å². The zero-order valence-corrected chi connectivity index (χ0v) is 11.7. The lowest BCUT2D eigenvalue weighted by atomic mass is 10.1. The molecule has 1 aliphatic rings. The molecule has 0 unspecified atom stereocenters. The lowest BCUT2D eigenvalue weighted by Gasteiger charge is -2.16. The van der Waals surface area contributed by atoms with E-state index in [4.69, 9.17) is 17.3 Å². The number of nitrogen functional groups attached to an aromatic ring is 1. The Morgan fingerprint density at radius 3 is 2.68 bits per heavy atom. The van der Waals surface area contributed by atoms with Gasteiger partial charge in [0, 0.05) is 11.6 Å². The van der Waals surface area contributed by atoms with Gasteiger partial charge in [-0.15, -0.1) is 10.2 Å². The molecular weight excluding hydrogens is 260 g/mol. The van der Waals surface area contributed by atoms with Crippen molar-refractivity contribution in [1.29, 1.82) is 0 Å². The molecule has 2 N–H and O–H groups in total. The van der Waals surface area contributed by atoms with E-state index in [1.165, 1.54) is 25.7 Å². The summed E-state index contributed by atoms with van der Waals surface area (Å²) in [6, 6.07) is 6.16. The number of benzene rings is 1. The third-order valence-electron chi connectivity index (χ3n) is 3.81. The Morgan fingerprint density at radius 2 is 2.00 bits per heavy atom. The van der Waals surface area contributed by atoms with Crippen molar-refractivity contribution in [2.75, 3.05) is 5.73 Å². The molecule has 0 atom stereocenters. The van der Waals surface area contributed by atoms with Crippen LogP contribution in [0.15, 0.2) is 18.2 Å².